The number of ether oxygens (including phenoxy) is 1. The van der Waals surface area contributed by atoms with Gasteiger partial charge in [0.05, 0.1) is 12.1 Å². The predicted octanol–water partition coefficient (Wildman–Crippen LogP) is 2.57. The SMILES string of the molecule is CC1(O)CCN(C(=O)Nc2ccc(OC(F)(F)F)cc2)C1. The van der Waals surface area contributed by atoms with E-state index in [0.29, 0.717) is 18.7 Å². The number of alkyl halides is 3. The third-order valence-electron chi connectivity index (χ3n) is 3.08. The van der Waals surface area contributed by atoms with Gasteiger partial charge in [0, 0.05) is 12.2 Å². The van der Waals surface area contributed by atoms with Crippen LogP contribution in [-0.4, -0.2) is 41.1 Å². The Hall–Kier alpha value is -1.96. The Morgan fingerprint density at radius 2 is 2.00 bits per heavy atom. The zero-order valence-electron chi connectivity index (χ0n) is 11.3. The number of nitrogens with zero attached hydrogens (tertiary/aromatic N) is 1. The van der Waals surface area contributed by atoms with Crippen LogP contribution in [0.2, 0.25) is 0 Å². The normalized spacial score (nSPS) is 22.2. The van der Waals surface area contributed by atoms with Crippen LogP contribution in [-0.2, 0) is 0 Å². The van der Waals surface area contributed by atoms with Gasteiger partial charge in [0.1, 0.15) is 5.75 Å². The predicted molar refractivity (Wildman–Crippen MR) is 69.0 cm³/mol. The average Bonchev–Trinajstić information content (AvgIpc) is 2.70. The molecule has 1 atom stereocenters. The third kappa shape index (κ3) is 4.52. The molecule has 2 rings (SSSR count). The summed E-state index contributed by atoms with van der Waals surface area (Å²) in [6.45, 7) is 2.28. The summed E-state index contributed by atoms with van der Waals surface area (Å²) < 4.78 is 39.8. The first-order valence-corrected chi connectivity index (χ1v) is 6.29. The highest BCUT2D eigenvalue weighted by Crippen LogP contribution is 2.25. The molecule has 116 valence electrons. The molecule has 1 fully saturated rings. The number of halogens is 3. The largest absolute Gasteiger partial charge is 0.573 e. The summed E-state index contributed by atoms with van der Waals surface area (Å²) in [7, 11) is 0. The molecular formula is C13H15F3N2O3. The number of benzene rings is 1. The molecule has 1 unspecified atom stereocenters. The van der Waals surface area contributed by atoms with Gasteiger partial charge in [-0.2, -0.15) is 0 Å². The van der Waals surface area contributed by atoms with Crippen molar-refractivity contribution in [3.63, 3.8) is 0 Å². The molecular weight excluding hydrogens is 289 g/mol. The van der Waals surface area contributed by atoms with Crippen molar-refractivity contribution < 1.29 is 27.8 Å². The van der Waals surface area contributed by atoms with Crippen LogP contribution in [0.4, 0.5) is 23.7 Å². The number of β-amino-alcohol motifs (C(OH)–C–C–N with tert-alkyl or cyclic N) is 1. The van der Waals surface area contributed by atoms with Crippen molar-refractivity contribution in [2.75, 3.05) is 18.4 Å². The van der Waals surface area contributed by atoms with Crippen LogP contribution in [0.3, 0.4) is 0 Å². The van der Waals surface area contributed by atoms with E-state index in [1.807, 2.05) is 0 Å². The molecule has 1 aliphatic heterocycles. The summed E-state index contributed by atoms with van der Waals surface area (Å²) in [5, 5.41) is 12.3. The van der Waals surface area contributed by atoms with E-state index in [2.05, 4.69) is 10.1 Å². The van der Waals surface area contributed by atoms with E-state index in [1.165, 1.54) is 17.0 Å². The van der Waals surface area contributed by atoms with Crippen LogP contribution in [0.5, 0.6) is 5.75 Å². The molecule has 2 N–H and O–H groups in total. The first-order chi connectivity index (χ1) is 9.65. The maximum atomic E-state index is 12.0. The van der Waals surface area contributed by atoms with Crippen LogP contribution in [0.25, 0.3) is 0 Å². The Balaban J connectivity index is 1.93. The van der Waals surface area contributed by atoms with Gasteiger partial charge in [-0.05, 0) is 37.6 Å². The lowest BCUT2D eigenvalue weighted by Crippen LogP contribution is -2.36. The molecule has 1 aliphatic rings. The van der Waals surface area contributed by atoms with E-state index >= 15 is 0 Å². The summed E-state index contributed by atoms with van der Waals surface area (Å²) in [4.78, 5) is 13.4. The second-order valence-corrected chi connectivity index (χ2v) is 5.17. The van der Waals surface area contributed by atoms with Crippen molar-refractivity contribution in [1.82, 2.24) is 4.90 Å². The number of hydrogen-bond acceptors (Lipinski definition) is 3. The fourth-order valence-electron chi connectivity index (χ4n) is 2.06. The molecule has 0 radical (unpaired) electrons. The molecule has 2 amide bonds. The molecule has 1 aromatic carbocycles. The Kier molecular flexibility index (Phi) is 3.99. The number of rotatable bonds is 2. The Morgan fingerprint density at radius 3 is 2.48 bits per heavy atom. The fourth-order valence-corrected chi connectivity index (χ4v) is 2.06. The minimum absolute atomic E-state index is 0.216. The quantitative estimate of drug-likeness (QED) is 0.883. The highest BCUT2D eigenvalue weighted by molar-refractivity contribution is 5.89. The minimum atomic E-state index is -4.74. The number of hydrogen-bond donors (Lipinski definition) is 2. The van der Waals surface area contributed by atoms with E-state index in [-0.39, 0.29) is 12.3 Å². The van der Waals surface area contributed by atoms with E-state index in [0.717, 1.165) is 12.1 Å². The minimum Gasteiger partial charge on any atom is -0.406 e. The lowest BCUT2D eigenvalue weighted by molar-refractivity contribution is -0.274. The highest BCUT2D eigenvalue weighted by atomic mass is 19.4. The van der Waals surface area contributed by atoms with Gasteiger partial charge in [0.15, 0.2) is 0 Å². The zero-order chi connectivity index (χ0) is 15.7. The van der Waals surface area contributed by atoms with Gasteiger partial charge in [0.2, 0.25) is 0 Å². The van der Waals surface area contributed by atoms with Crippen LogP contribution in [0.15, 0.2) is 24.3 Å². The van der Waals surface area contributed by atoms with Crippen molar-refractivity contribution in [2.45, 2.75) is 25.3 Å². The Morgan fingerprint density at radius 1 is 1.38 bits per heavy atom. The number of aliphatic hydroxyl groups is 1. The molecule has 21 heavy (non-hydrogen) atoms. The number of carbonyl (C=O) groups excluding carboxylic acids is 1. The second kappa shape index (κ2) is 5.44. The average molecular weight is 304 g/mol. The molecule has 0 bridgehead atoms. The van der Waals surface area contributed by atoms with Gasteiger partial charge in [-0.25, -0.2) is 4.79 Å². The number of amides is 2. The van der Waals surface area contributed by atoms with Crippen molar-refractivity contribution in [2.24, 2.45) is 0 Å². The summed E-state index contributed by atoms with van der Waals surface area (Å²) in [6.07, 6.45) is -4.26. The highest BCUT2D eigenvalue weighted by Gasteiger charge is 2.34. The van der Waals surface area contributed by atoms with Gasteiger partial charge in [-0.15, -0.1) is 13.2 Å². The molecule has 0 spiro atoms. The standard InChI is InChI=1S/C13H15F3N2O3/c1-12(20)6-7-18(8-12)11(19)17-9-2-4-10(5-3-9)21-13(14,15)16/h2-5,20H,6-8H2,1H3,(H,17,19). The summed E-state index contributed by atoms with van der Waals surface area (Å²) >= 11 is 0. The summed E-state index contributed by atoms with van der Waals surface area (Å²) in [5.41, 5.74) is -0.553. The van der Waals surface area contributed by atoms with Crippen LogP contribution < -0.4 is 10.1 Å². The molecule has 0 saturated carbocycles. The van der Waals surface area contributed by atoms with Crippen LogP contribution >= 0.6 is 0 Å². The number of likely N-dealkylation sites (tertiary alicyclic amines) is 1. The zero-order valence-corrected chi connectivity index (χ0v) is 11.3. The topological polar surface area (TPSA) is 61.8 Å². The van der Waals surface area contributed by atoms with Crippen molar-refractivity contribution in [3.05, 3.63) is 24.3 Å². The maximum absolute atomic E-state index is 12.0. The van der Waals surface area contributed by atoms with E-state index in [9.17, 15) is 23.1 Å². The number of anilines is 1. The van der Waals surface area contributed by atoms with E-state index in [4.69, 9.17) is 0 Å². The lowest BCUT2D eigenvalue weighted by Gasteiger charge is -2.19. The molecule has 1 heterocycles. The van der Waals surface area contributed by atoms with Crippen molar-refractivity contribution >= 4 is 11.7 Å². The molecule has 0 aromatic heterocycles. The molecule has 1 aromatic rings. The van der Waals surface area contributed by atoms with Gasteiger partial charge in [-0.1, -0.05) is 0 Å². The van der Waals surface area contributed by atoms with Crippen LogP contribution in [0.1, 0.15) is 13.3 Å². The second-order valence-electron chi connectivity index (χ2n) is 5.17. The molecule has 1 saturated heterocycles. The van der Waals surface area contributed by atoms with Gasteiger partial charge in [-0.3, -0.25) is 0 Å². The fraction of sp³-hybridized carbons (Fsp3) is 0.462. The van der Waals surface area contributed by atoms with E-state index in [1.54, 1.807) is 6.92 Å². The van der Waals surface area contributed by atoms with Gasteiger partial charge >= 0.3 is 12.4 Å². The van der Waals surface area contributed by atoms with Crippen LogP contribution in [0, 0.1) is 0 Å². The monoisotopic (exact) mass is 304 g/mol. The molecule has 0 aliphatic carbocycles. The third-order valence-corrected chi connectivity index (χ3v) is 3.08. The summed E-state index contributed by atoms with van der Waals surface area (Å²) in [6, 6.07) is 4.45. The first-order valence-electron chi connectivity index (χ1n) is 6.29. The van der Waals surface area contributed by atoms with Gasteiger partial charge < -0.3 is 20.1 Å². The lowest BCUT2D eigenvalue weighted by atomic mass is 10.1. The number of nitrogens with one attached hydrogen (secondary N) is 1. The van der Waals surface area contributed by atoms with Crippen molar-refractivity contribution in [3.8, 4) is 5.75 Å². The smallest absolute Gasteiger partial charge is 0.406 e. The van der Waals surface area contributed by atoms with Gasteiger partial charge in [0.25, 0.3) is 0 Å². The van der Waals surface area contributed by atoms with E-state index < -0.39 is 18.0 Å². The number of carbonyl (C=O) groups is 1. The maximum Gasteiger partial charge on any atom is 0.573 e. The number of urea groups is 1. The Labute approximate surface area is 119 Å². The summed E-state index contributed by atoms with van der Waals surface area (Å²) in [5.74, 6) is -0.357. The molecule has 8 heteroatoms. The van der Waals surface area contributed by atoms with Crippen molar-refractivity contribution in [1.29, 1.82) is 0 Å². The Bertz CT molecular complexity index is 514. The molecule has 5 nitrogen and oxygen atoms in total. The first kappa shape index (κ1) is 15.4.